The fourth-order valence-electron chi connectivity index (χ4n) is 2.85. The fraction of sp³-hybridized carbons (Fsp3) is 0. The maximum Gasteiger partial charge on any atom is 0.199 e. The second kappa shape index (κ2) is 7.80. The molecule has 3 aromatic carbocycles. The highest BCUT2D eigenvalue weighted by Gasteiger charge is 2.26. The number of carbonyl (C=O) groups excluding carboxylic acids is 1. The van der Waals surface area contributed by atoms with Gasteiger partial charge in [-0.2, -0.15) is 0 Å². The molecule has 4 aromatic rings. The van der Waals surface area contributed by atoms with Gasteiger partial charge in [0.15, 0.2) is 11.5 Å². The predicted molar refractivity (Wildman–Crippen MR) is 112 cm³/mol. The summed E-state index contributed by atoms with van der Waals surface area (Å²) in [5.74, 6) is 0.161. The molecule has 0 saturated carbocycles. The van der Waals surface area contributed by atoms with Gasteiger partial charge < -0.3 is 4.52 Å². The molecule has 138 valence electrons. The summed E-state index contributed by atoms with van der Waals surface area (Å²) < 4.78 is 5.60. The molecule has 4 rings (SSSR count). The van der Waals surface area contributed by atoms with Gasteiger partial charge in [-0.25, -0.2) is 0 Å². The standard InChI is InChI=1S/C22H12Cl3NO2/c23-16-7-1-13(2-8-16)20-19(21(27)14-3-9-17(24)10-4-14)22(28-26-20)15-5-11-18(25)12-6-15/h1-12H. The lowest BCUT2D eigenvalue weighted by molar-refractivity contribution is 0.103. The third-order valence-electron chi connectivity index (χ3n) is 4.25. The third-order valence-corrected chi connectivity index (χ3v) is 5.01. The molecule has 0 aliphatic heterocycles. The Hall–Kier alpha value is -2.59. The first-order valence-electron chi connectivity index (χ1n) is 8.35. The largest absolute Gasteiger partial charge is 0.355 e. The zero-order valence-corrected chi connectivity index (χ0v) is 16.6. The fourth-order valence-corrected chi connectivity index (χ4v) is 3.23. The number of ketones is 1. The van der Waals surface area contributed by atoms with Crippen LogP contribution in [0.1, 0.15) is 15.9 Å². The van der Waals surface area contributed by atoms with Crippen LogP contribution in [0.15, 0.2) is 77.3 Å². The van der Waals surface area contributed by atoms with Gasteiger partial charge in [-0.3, -0.25) is 4.79 Å². The Kier molecular flexibility index (Phi) is 5.23. The van der Waals surface area contributed by atoms with Crippen molar-refractivity contribution in [2.75, 3.05) is 0 Å². The van der Waals surface area contributed by atoms with Crippen LogP contribution in [0, 0.1) is 0 Å². The molecule has 0 aliphatic rings. The summed E-state index contributed by atoms with van der Waals surface area (Å²) in [6.45, 7) is 0. The topological polar surface area (TPSA) is 43.1 Å². The van der Waals surface area contributed by atoms with Crippen molar-refractivity contribution in [3.8, 4) is 22.6 Å². The van der Waals surface area contributed by atoms with Gasteiger partial charge in [0.25, 0.3) is 0 Å². The summed E-state index contributed by atoms with van der Waals surface area (Å²) in [5.41, 5.74) is 2.73. The molecule has 0 spiro atoms. The Labute approximate surface area is 176 Å². The average Bonchev–Trinajstić information content (AvgIpc) is 3.14. The highest BCUT2D eigenvalue weighted by Crippen LogP contribution is 2.35. The summed E-state index contributed by atoms with van der Waals surface area (Å²) >= 11 is 17.9. The molecule has 3 nitrogen and oxygen atoms in total. The van der Waals surface area contributed by atoms with E-state index in [1.54, 1.807) is 72.8 Å². The number of hydrogen-bond donors (Lipinski definition) is 0. The Balaban J connectivity index is 1.90. The van der Waals surface area contributed by atoms with Gasteiger partial charge in [0.05, 0.1) is 5.56 Å². The predicted octanol–water partition coefficient (Wildman–Crippen LogP) is 7.20. The zero-order chi connectivity index (χ0) is 19.7. The Bertz CT molecular complexity index is 1070. The summed E-state index contributed by atoms with van der Waals surface area (Å²) in [6.07, 6.45) is 0. The molecule has 0 bridgehead atoms. The van der Waals surface area contributed by atoms with Crippen LogP contribution in [0.2, 0.25) is 15.1 Å². The number of halogens is 3. The van der Waals surface area contributed by atoms with E-state index in [1.807, 2.05) is 0 Å². The van der Waals surface area contributed by atoms with Crippen molar-refractivity contribution in [3.63, 3.8) is 0 Å². The quantitative estimate of drug-likeness (QED) is 0.323. The van der Waals surface area contributed by atoms with E-state index in [4.69, 9.17) is 39.3 Å². The Morgan fingerprint density at radius 3 is 1.68 bits per heavy atom. The first-order valence-corrected chi connectivity index (χ1v) is 9.48. The SMILES string of the molecule is O=C(c1ccc(Cl)cc1)c1c(-c2ccc(Cl)cc2)noc1-c1ccc(Cl)cc1. The monoisotopic (exact) mass is 427 g/mol. The summed E-state index contributed by atoms with van der Waals surface area (Å²) in [4.78, 5) is 13.3. The lowest BCUT2D eigenvalue weighted by atomic mass is 9.95. The molecule has 0 amide bonds. The molecule has 6 heteroatoms. The van der Waals surface area contributed by atoms with Crippen molar-refractivity contribution >= 4 is 40.6 Å². The van der Waals surface area contributed by atoms with Crippen LogP contribution in [-0.2, 0) is 0 Å². The third kappa shape index (κ3) is 3.69. The van der Waals surface area contributed by atoms with Crippen LogP contribution >= 0.6 is 34.8 Å². The van der Waals surface area contributed by atoms with Crippen LogP contribution in [0.3, 0.4) is 0 Å². The van der Waals surface area contributed by atoms with E-state index in [-0.39, 0.29) is 5.78 Å². The van der Waals surface area contributed by atoms with Gasteiger partial charge in [-0.15, -0.1) is 0 Å². The van der Waals surface area contributed by atoms with E-state index in [2.05, 4.69) is 5.16 Å². The molecule has 1 aromatic heterocycles. The van der Waals surface area contributed by atoms with Crippen molar-refractivity contribution in [1.29, 1.82) is 0 Å². The molecule has 1 heterocycles. The maximum absolute atomic E-state index is 13.3. The van der Waals surface area contributed by atoms with Crippen LogP contribution < -0.4 is 0 Å². The number of nitrogens with zero attached hydrogens (tertiary/aromatic N) is 1. The lowest BCUT2D eigenvalue weighted by Gasteiger charge is -2.05. The van der Waals surface area contributed by atoms with Gasteiger partial charge in [0, 0.05) is 31.8 Å². The molecule has 0 saturated heterocycles. The highest BCUT2D eigenvalue weighted by molar-refractivity contribution is 6.31. The normalized spacial score (nSPS) is 10.8. The first-order chi connectivity index (χ1) is 13.5. The van der Waals surface area contributed by atoms with E-state index in [0.717, 1.165) is 5.56 Å². The zero-order valence-electron chi connectivity index (χ0n) is 14.3. The highest BCUT2D eigenvalue weighted by atomic mass is 35.5. The number of carbonyl (C=O) groups is 1. The van der Waals surface area contributed by atoms with Gasteiger partial charge in [0.2, 0.25) is 0 Å². The van der Waals surface area contributed by atoms with Crippen molar-refractivity contribution in [1.82, 2.24) is 5.16 Å². The minimum absolute atomic E-state index is 0.215. The molecular weight excluding hydrogens is 417 g/mol. The van der Waals surface area contributed by atoms with Crippen molar-refractivity contribution in [2.24, 2.45) is 0 Å². The molecular formula is C22H12Cl3NO2. The van der Waals surface area contributed by atoms with Gasteiger partial charge >= 0.3 is 0 Å². The molecule has 0 atom stereocenters. The molecule has 0 unspecified atom stereocenters. The number of aromatic nitrogens is 1. The van der Waals surface area contributed by atoms with E-state index < -0.39 is 0 Å². The maximum atomic E-state index is 13.3. The molecule has 0 aliphatic carbocycles. The second-order valence-corrected chi connectivity index (χ2v) is 7.39. The van der Waals surface area contributed by atoms with Crippen LogP contribution in [-0.4, -0.2) is 10.9 Å². The summed E-state index contributed by atoms with van der Waals surface area (Å²) in [6, 6.07) is 20.8. The van der Waals surface area contributed by atoms with Crippen LogP contribution in [0.5, 0.6) is 0 Å². The Morgan fingerprint density at radius 1 is 0.679 bits per heavy atom. The smallest absolute Gasteiger partial charge is 0.199 e. The van der Waals surface area contributed by atoms with Crippen molar-refractivity contribution in [2.45, 2.75) is 0 Å². The van der Waals surface area contributed by atoms with Crippen LogP contribution in [0.25, 0.3) is 22.6 Å². The van der Waals surface area contributed by atoms with Gasteiger partial charge in [0.1, 0.15) is 5.69 Å². The number of rotatable bonds is 4. The molecule has 28 heavy (non-hydrogen) atoms. The summed E-state index contributed by atoms with van der Waals surface area (Å²) in [7, 11) is 0. The van der Waals surface area contributed by atoms with E-state index >= 15 is 0 Å². The van der Waals surface area contributed by atoms with Crippen LogP contribution in [0.4, 0.5) is 0 Å². The molecule has 0 fully saturated rings. The molecule has 0 radical (unpaired) electrons. The number of hydrogen-bond acceptors (Lipinski definition) is 3. The minimum atomic E-state index is -0.215. The lowest BCUT2D eigenvalue weighted by Crippen LogP contribution is -2.03. The van der Waals surface area contributed by atoms with Gasteiger partial charge in [-0.1, -0.05) is 52.1 Å². The first kappa shape index (κ1) is 18.8. The van der Waals surface area contributed by atoms with E-state index in [1.165, 1.54) is 0 Å². The molecule has 0 N–H and O–H groups in total. The van der Waals surface area contributed by atoms with Gasteiger partial charge in [-0.05, 0) is 60.7 Å². The summed E-state index contributed by atoms with van der Waals surface area (Å²) in [5, 5.41) is 5.92. The minimum Gasteiger partial charge on any atom is -0.355 e. The average molecular weight is 429 g/mol. The van der Waals surface area contributed by atoms with E-state index in [9.17, 15) is 4.79 Å². The Morgan fingerprint density at radius 2 is 1.14 bits per heavy atom. The van der Waals surface area contributed by atoms with E-state index in [0.29, 0.717) is 43.2 Å². The van der Waals surface area contributed by atoms with Crippen molar-refractivity contribution in [3.05, 3.63) is 99.0 Å². The second-order valence-electron chi connectivity index (χ2n) is 6.09. The van der Waals surface area contributed by atoms with Crippen molar-refractivity contribution < 1.29 is 9.32 Å². The number of benzene rings is 3.